The Morgan fingerprint density at radius 2 is 1.67 bits per heavy atom. The molecule has 0 radical (unpaired) electrons. The second-order valence-corrected chi connectivity index (χ2v) is 2.94. The molecule has 1 aliphatic heterocycles. The first kappa shape index (κ1) is 7.68. The third-order valence-electron chi connectivity index (χ3n) is 1.99. The number of benzene rings is 1. The smallest absolute Gasteiger partial charge is 0.126 e. The van der Waals surface area contributed by atoms with Crippen molar-refractivity contribution >= 4 is 0 Å². The van der Waals surface area contributed by atoms with Gasteiger partial charge in [-0.05, 0) is 17.7 Å². The Balaban J connectivity index is 2.30. The average molecular weight is 170 g/mol. The summed E-state index contributed by atoms with van der Waals surface area (Å²) in [6.45, 7) is 1.14. The molecule has 1 nitrogen and oxygen atoms in total. The largest absolute Gasteiger partial charge is 0.380 e. The number of halogens is 2. The van der Waals surface area contributed by atoms with Crippen LogP contribution in [0.3, 0.4) is 0 Å². The van der Waals surface area contributed by atoms with Crippen LogP contribution in [0.5, 0.6) is 0 Å². The molecule has 1 saturated heterocycles. The lowest BCUT2D eigenvalue weighted by molar-refractivity contribution is 0.00821. The molecule has 12 heavy (non-hydrogen) atoms. The van der Waals surface area contributed by atoms with Crippen molar-refractivity contribution in [2.75, 3.05) is 13.2 Å². The summed E-state index contributed by atoms with van der Waals surface area (Å²) in [5.74, 6) is -0.857. The lowest BCUT2D eigenvalue weighted by Crippen LogP contribution is -2.25. The van der Waals surface area contributed by atoms with Crippen molar-refractivity contribution in [2.24, 2.45) is 0 Å². The fourth-order valence-corrected chi connectivity index (χ4v) is 1.24. The van der Waals surface area contributed by atoms with Crippen molar-refractivity contribution in [2.45, 2.75) is 5.92 Å². The van der Waals surface area contributed by atoms with Gasteiger partial charge in [-0.1, -0.05) is 0 Å². The lowest BCUT2D eigenvalue weighted by Gasteiger charge is -2.26. The normalized spacial score (nSPS) is 17.5. The Morgan fingerprint density at radius 3 is 2.08 bits per heavy atom. The molecule has 1 fully saturated rings. The van der Waals surface area contributed by atoms with Gasteiger partial charge < -0.3 is 4.74 Å². The van der Waals surface area contributed by atoms with Crippen molar-refractivity contribution in [1.82, 2.24) is 0 Å². The van der Waals surface area contributed by atoms with Crippen LogP contribution in [-0.2, 0) is 4.74 Å². The van der Waals surface area contributed by atoms with Gasteiger partial charge in [-0.3, -0.25) is 0 Å². The van der Waals surface area contributed by atoms with Gasteiger partial charge >= 0.3 is 0 Å². The van der Waals surface area contributed by atoms with Gasteiger partial charge in [0, 0.05) is 12.0 Å². The molecule has 0 N–H and O–H groups in total. The molecular weight excluding hydrogens is 162 g/mol. The van der Waals surface area contributed by atoms with Crippen LogP contribution in [0.1, 0.15) is 11.5 Å². The van der Waals surface area contributed by atoms with E-state index in [1.807, 2.05) is 0 Å². The van der Waals surface area contributed by atoms with Gasteiger partial charge in [0.2, 0.25) is 0 Å². The lowest BCUT2D eigenvalue weighted by atomic mass is 9.97. The van der Waals surface area contributed by atoms with Crippen LogP contribution in [-0.4, -0.2) is 13.2 Å². The molecule has 3 heteroatoms. The van der Waals surface area contributed by atoms with Gasteiger partial charge in [0.1, 0.15) is 11.6 Å². The summed E-state index contributed by atoms with van der Waals surface area (Å²) in [5.41, 5.74) is 0.693. The highest BCUT2D eigenvalue weighted by atomic mass is 19.1. The van der Waals surface area contributed by atoms with Gasteiger partial charge in [0.15, 0.2) is 0 Å². The van der Waals surface area contributed by atoms with Crippen molar-refractivity contribution in [3.05, 3.63) is 35.4 Å². The van der Waals surface area contributed by atoms with E-state index < -0.39 is 11.6 Å². The van der Waals surface area contributed by atoms with Crippen molar-refractivity contribution in [1.29, 1.82) is 0 Å². The number of hydrogen-bond acceptors (Lipinski definition) is 1. The molecule has 2 rings (SSSR count). The van der Waals surface area contributed by atoms with E-state index in [0.717, 1.165) is 6.07 Å². The second-order valence-electron chi connectivity index (χ2n) is 2.94. The van der Waals surface area contributed by atoms with Crippen LogP contribution >= 0.6 is 0 Å². The zero-order chi connectivity index (χ0) is 8.55. The van der Waals surface area contributed by atoms with Crippen molar-refractivity contribution in [3.8, 4) is 0 Å². The van der Waals surface area contributed by atoms with Crippen LogP contribution in [0.15, 0.2) is 18.2 Å². The molecule has 0 aromatic heterocycles. The highest BCUT2D eigenvalue weighted by Crippen LogP contribution is 2.24. The highest BCUT2D eigenvalue weighted by molar-refractivity contribution is 5.23. The molecule has 1 aromatic carbocycles. The quantitative estimate of drug-likeness (QED) is 0.627. The molecule has 0 amide bonds. The van der Waals surface area contributed by atoms with Gasteiger partial charge in [0.25, 0.3) is 0 Å². The van der Waals surface area contributed by atoms with E-state index in [2.05, 4.69) is 0 Å². The first-order chi connectivity index (χ1) is 5.75. The summed E-state index contributed by atoms with van der Waals surface area (Å²) in [4.78, 5) is 0. The van der Waals surface area contributed by atoms with Crippen LogP contribution in [0, 0.1) is 11.6 Å². The Bertz CT molecular complexity index is 274. The number of rotatable bonds is 1. The minimum atomic E-state index is -0.517. The minimum Gasteiger partial charge on any atom is -0.380 e. The zero-order valence-electron chi connectivity index (χ0n) is 6.39. The molecule has 1 aromatic rings. The summed E-state index contributed by atoms with van der Waals surface area (Å²) in [6, 6.07) is 3.59. The molecule has 0 aliphatic carbocycles. The van der Waals surface area contributed by atoms with Crippen LogP contribution in [0.25, 0.3) is 0 Å². The summed E-state index contributed by atoms with van der Waals surface area (Å²) < 4.78 is 30.3. The first-order valence-electron chi connectivity index (χ1n) is 3.79. The molecule has 0 spiro atoms. The topological polar surface area (TPSA) is 9.23 Å². The van der Waals surface area contributed by atoms with E-state index in [1.54, 1.807) is 0 Å². The fraction of sp³-hybridized carbons (Fsp3) is 0.333. The molecule has 64 valence electrons. The Kier molecular flexibility index (Phi) is 1.81. The molecule has 1 aliphatic rings. The van der Waals surface area contributed by atoms with Gasteiger partial charge in [-0.15, -0.1) is 0 Å². The Labute approximate surface area is 69.0 Å². The predicted molar refractivity (Wildman–Crippen MR) is 39.9 cm³/mol. The van der Waals surface area contributed by atoms with Crippen LogP contribution in [0.2, 0.25) is 0 Å². The minimum absolute atomic E-state index is 0.176. The Morgan fingerprint density at radius 1 is 1.08 bits per heavy atom. The molecular formula is C9H8F2O. The average Bonchev–Trinajstić information content (AvgIpc) is 1.79. The number of ether oxygens (including phenoxy) is 1. The fourth-order valence-electron chi connectivity index (χ4n) is 1.24. The second kappa shape index (κ2) is 2.83. The van der Waals surface area contributed by atoms with E-state index in [0.29, 0.717) is 18.8 Å². The van der Waals surface area contributed by atoms with Gasteiger partial charge in [0.05, 0.1) is 13.2 Å². The third-order valence-corrected chi connectivity index (χ3v) is 1.99. The predicted octanol–water partition coefficient (Wildman–Crippen LogP) is 2.08. The van der Waals surface area contributed by atoms with E-state index in [-0.39, 0.29) is 5.92 Å². The number of hydrogen-bond donors (Lipinski definition) is 0. The van der Waals surface area contributed by atoms with E-state index >= 15 is 0 Å². The molecule has 1 heterocycles. The summed E-state index contributed by atoms with van der Waals surface area (Å²) in [5, 5.41) is 0. The maximum absolute atomic E-state index is 12.7. The van der Waals surface area contributed by atoms with Gasteiger partial charge in [-0.2, -0.15) is 0 Å². The molecule has 0 saturated carbocycles. The van der Waals surface area contributed by atoms with E-state index in [1.165, 1.54) is 12.1 Å². The molecule has 0 atom stereocenters. The highest BCUT2D eigenvalue weighted by Gasteiger charge is 2.21. The van der Waals surface area contributed by atoms with Crippen LogP contribution in [0.4, 0.5) is 8.78 Å². The monoisotopic (exact) mass is 170 g/mol. The Hall–Kier alpha value is -0.960. The van der Waals surface area contributed by atoms with Crippen molar-refractivity contribution in [3.63, 3.8) is 0 Å². The summed E-state index contributed by atoms with van der Waals surface area (Å²) in [6.07, 6.45) is 0. The van der Waals surface area contributed by atoms with Crippen LogP contribution < -0.4 is 0 Å². The SMILES string of the molecule is Fc1cc(F)cc(C2COC2)c1. The summed E-state index contributed by atoms with van der Waals surface area (Å²) >= 11 is 0. The van der Waals surface area contributed by atoms with E-state index in [9.17, 15) is 8.78 Å². The van der Waals surface area contributed by atoms with Gasteiger partial charge in [-0.25, -0.2) is 8.78 Å². The van der Waals surface area contributed by atoms with Crippen molar-refractivity contribution < 1.29 is 13.5 Å². The maximum Gasteiger partial charge on any atom is 0.126 e. The third kappa shape index (κ3) is 1.32. The van der Waals surface area contributed by atoms with E-state index in [4.69, 9.17) is 4.74 Å². The molecule has 0 unspecified atom stereocenters. The molecule has 0 bridgehead atoms. The maximum atomic E-state index is 12.7. The zero-order valence-corrected chi connectivity index (χ0v) is 6.39. The standard InChI is InChI=1S/C9H8F2O/c10-8-1-6(2-9(11)3-8)7-4-12-5-7/h1-3,7H,4-5H2. The first-order valence-corrected chi connectivity index (χ1v) is 3.79. The summed E-state index contributed by atoms with van der Waals surface area (Å²) in [7, 11) is 0.